The van der Waals surface area contributed by atoms with Crippen LogP contribution in [-0.4, -0.2) is 27.0 Å². The van der Waals surface area contributed by atoms with E-state index >= 15 is 0 Å². The maximum Gasteiger partial charge on any atom is 0.227 e. The van der Waals surface area contributed by atoms with Gasteiger partial charge in [-0.15, -0.1) is 0 Å². The van der Waals surface area contributed by atoms with Crippen molar-refractivity contribution in [3.8, 4) is 17.1 Å². The fourth-order valence-electron chi connectivity index (χ4n) is 1.97. The average molecular weight is 280 g/mol. The van der Waals surface area contributed by atoms with E-state index < -0.39 is 0 Å². The molecule has 2 N–H and O–H groups in total. The molecule has 2 heterocycles. The first-order valence-corrected chi connectivity index (χ1v) is 6.43. The highest BCUT2D eigenvalue weighted by Gasteiger charge is 2.10. The molecule has 0 amide bonds. The molecule has 3 rings (SSSR count). The van der Waals surface area contributed by atoms with Crippen LogP contribution in [0.2, 0.25) is 0 Å². The second-order valence-electron chi connectivity index (χ2n) is 4.44. The summed E-state index contributed by atoms with van der Waals surface area (Å²) in [4.78, 5) is 15.6. The summed E-state index contributed by atoms with van der Waals surface area (Å²) in [5, 5.41) is 3.10. The molecule has 105 valence electrons. The van der Waals surface area contributed by atoms with Crippen LogP contribution in [-0.2, 0) is 0 Å². The van der Waals surface area contributed by atoms with E-state index in [-0.39, 0.29) is 0 Å². The maximum atomic E-state index is 5.44. The number of hydrogen-bond donors (Lipinski definition) is 2. The van der Waals surface area contributed by atoms with E-state index in [1.165, 1.54) is 0 Å². The summed E-state index contributed by atoms with van der Waals surface area (Å²) >= 11 is 0. The third-order valence-corrected chi connectivity index (χ3v) is 2.94. The van der Waals surface area contributed by atoms with Crippen molar-refractivity contribution >= 4 is 11.6 Å². The topological polar surface area (TPSA) is 75.7 Å². The Morgan fingerprint density at radius 3 is 2.90 bits per heavy atom. The highest BCUT2D eigenvalue weighted by Crippen LogP contribution is 2.31. The third-order valence-electron chi connectivity index (χ3n) is 2.94. The van der Waals surface area contributed by atoms with E-state index in [4.69, 9.17) is 4.74 Å². The zero-order valence-corrected chi connectivity index (χ0v) is 11.7. The Labute approximate surface area is 122 Å². The molecule has 0 aliphatic rings. The summed E-state index contributed by atoms with van der Waals surface area (Å²) in [5.74, 6) is 1.98. The standard InChI is InChI=1S/C15H14N5O/c1-10-9-18-14(19-10)12-5-4-11(8-13(12)21-2)20-15-16-6-3-7-17-15/h3-6,8-9H,1-2H3,(H,18,19)(H,16,17,20). The summed E-state index contributed by atoms with van der Waals surface area (Å²) in [6, 6.07) is 7.38. The molecule has 0 aliphatic heterocycles. The molecular weight excluding hydrogens is 266 g/mol. The lowest BCUT2D eigenvalue weighted by Crippen LogP contribution is -1.97. The summed E-state index contributed by atoms with van der Waals surface area (Å²) in [5.41, 5.74) is 2.66. The Morgan fingerprint density at radius 2 is 2.24 bits per heavy atom. The highest BCUT2D eigenvalue weighted by atomic mass is 16.5. The Hall–Kier alpha value is -2.89. The molecule has 2 aromatic heterocycles. The lowest BCUT2D eigenvalue weighted by Gasteiger charge is -2.10. The second-order valence-corrected chi connectivity index (χ2v) is 4.44. The van der Waals surface area contributed by atoms with Crippen LogP contribution in [0.5, 0.6) is 5.75 Å². The number of rotatable bonds is 4. The van der Waals surface area contributed by atoms with Crippen molar-refractivity contribution in [2.24, 2.45) is 0 Å². The van der Waals surface area contributed by atoms with Crippen molar-refractivity contribution in [2.45, 2.75) is 6.92 Å². The molecule has 1 radical (unpaired) electrons. The third kappa shape index (κ3) is 2.84. The minimum atomic E-state index is 0.487. The van der Waals surface area contributed by atoms with Crippen molar-refractivity contribution < 1.29 is 4.74 Å². The van der Waals surface area contributed by atoms with Gasteiger partial charge in [0.1, 0.15) is 11.6 Å². The first-order chi connectivity index (χ1) is 10.3. The molecule has 0 aliphatic carbocycles. The number of imidazole rings is 1. The molecule has 6 nitrogen and oxygen atoms in total. The number of nitrogens with zero attached hydrogens (tertiary/aromatic N) is 3. The predicted octanol–water partition coefficient (Wildman–Crippen LogP) is 2.73. The number of methoxy groups -OCH3 is 1. The number of hydrogen-bond acceptors (Lipinski definition) is 5. The quantitative estimate of drug-likeness (QED) is 0.768. The number of aromatic nitrogens is 4. The van der Waals surface area contributed by atoms with Gasteiger partial charge in [-0.3, -0.25) is 0 Å². The van der Waals surface area contributed by atoms with Gasteiger partial charge in [0.2, 0.25) is 5.95 Å². The molecule has 1 aromatic carbocycles. The number of H-pyrrole nitrogens is 1. The Morgan fingerprint density at radius 1 is 1.33 bits per heavy atom. The molecular formula is C15H14N5O. The predicted molar refractivity (Wildman–Crippen MR) is 79.5 cm³/mol. The average Bonchev–Trinajstić information content (AvgIpc) is 2.94. The number of aryl methyl sites for hydroxylation is 1. The molecule has 0 spiro atoms. The van der Waals surface area contributed by atoms with Crippen molar-refractivity contribution in [3.05, 3.63) is 48.5 Å². The van der Waals surface area contributed by atoms with Gasteiger partial charge in [0.05, 0.1) is 24.6 Å². The van der Waals surface area contributed by atoms with E-state index in [1.807, 2.05) is 31.3 Å². The minimum absolute atomic E-state index is 0.487. The number of anilines is 2. The number of nitrogens with one attached hydrogen (secondary N) is 2. The lowest BCUT2D eigenvalue weighted by atomic mass is 10.1. The summed E-state index contributed by atoms with van der Waals surface area (Å²) in [6.07, 6.45) is 6.22. The monoisotopic (exact) mass is 280 g/mol. The molecule has 0 saturated heterocycles. The van der Waals surface area contributed by atoms with Crippen LogP contribution in [0.3, 0.4) is 0 Å². The zero-order valence-electron chi connectivity index (χ0n) is 11.7. The molecule has 6 heteroatoms. The van der Waals surface area contributed by atoms with Crippen molar-refractivity contribution in [2.75, 3.05) is 12.4 Å². The summed E-state index contributed by atoms with van der Waals surface area (Å²) < 4.78 is 5.44. The molecule has 0 saturated carbocycles. The highest BCUT2D eigenvalue weighted by molar-refractivity contribution is 5.70. The molecule has 0 atom stereocenters. The van der Waals surface area contributed by atoms with Crippen molar-refractivity contribution in [3.63, 3.8) is 0 Å². The van der Waals surface area contributed by atoms with Crippen LogP contribution in [0.25, 0.3) is 11.4 Å². The molecule has 0 bridgehead atoms. The largest absolute Gasteiger partial charge is 0.496 e. The van der Waals surface area contributed by atoms with Gasteiger partial charge in [-0.2, -0.15) is 0 Å². The fourth-order valence-corrected chi connectivity index (χ4v) is 1.97. The number of benzene rings is 1. The molecule has 3 aromatic rings. The van der Waals surface area contributed by atoms with E-state index in [2.05, 4.69) is 31.4 Å². The number of ether oxygens (including phenoxy) is 1. The Bertz CT molecular complexity index is 739. The molecule has 0 unspecified atom stereocenters. The van der Waals surface area contributed by atoms with Crippen LogP contribution in [0.15, 0.2) is 36.7 Å². The summed E-state index contributed by atoms with van der Waals surface area (Å²) in [7, 11) is 1.63. The first-order valence-electron chi connectivity index (χ1n) is 6.43. The van der Waals surface area contributed by atoms with Gasteiger partial charge < -0.3 is 15.0 Å². The smallest absolute Gasteiger partial charge is 0.227 e. The normalized spacial score (nSPS) is 10.4. The fraction of sp³-hybridized carbons (Fsp3) is 0.133. The van der Waals surface area contributed by atoms with E-state index in [0.717, 1.165) is 22.8 Å². The van der Waals surface area contributed by atoms with Crippen LogP contribution in [0.4, 0.5) is 11.6 Å². The van der Waals surface area contributed by atoms with Gasteiger partial charge >= 0.3 is 0 Å². The lowest BCUT2D eigenvalue weighted by molar-refractivity contribution is 0.416. The van der Waals surface area contributed by atoms with E-state index in [9.17, 15) is 0 Å². The maximum absolute atomic E-state index is 5.44. The SMILES string of the molecule is COc1cc(Nc2n[c]ccn2)ccc1-c1nc(C)c[nH]1. The minimum Gasteiger partial charge on any atom is -0.496 e. The van der Waals surface area contributed by atoms with E-state index in [1.54, 1.807) is 19.4 Å². The Balaban J connectivity index is 1.92. The number of aromatic amines is 1. The Kier molecular flexibility index (Phi) is 3.51. The second kappa shape index (κ2) is 5.62. The van der Waals surface area contributed by atoms with Crippen LogP contribution < -0.4 is 10.1 Å². The van der Waals surface area contributed by atoms with Gasteiger partial charge in [0.15, 0.2) is 0 Å². The first kappa shape index (κ1) is 13.1. The summed E-state index contributed by atoms with van der Waals surface area (Å²) in [6.45, 7) is 1.94. The van der Waals surface area contributed by atoms with Crippen molar-refractivity contribution in [1.82, 2.24) is 19.9 Å². The van der Waals surface area contributed by atoms with Crippen molar-refractivity contribution in [1.29, 1.82) is 0 Å². The molecule has 21 heavy (non-hydrogen) atoms. The van der Waals surface area contributed by atoms with Crippen LogP contribution in [0.1, 0.15) is 5.69 Å². The van der Waals surface area contributed by atoms with Gasteiger partial charge in [-0.25, -0.2) is 15.0 Å². The van der Waals surface area contributed by atoms with Gasteiger partial charge in [0, 0.05) is 24.1 Å². The van der Waals surface area contributed by atoms with Gasteiger partial charge in [-0.1, -0.05) is 0 Å². The zero-order chi connectivity index (χ0) is 14.7. The van der Waals surface area contributed by atoms with Gasteiger partial charge in [-0.05, 0) is 25.1 Å². The van der Waals surface area contributed by atoms with Gasteiger partial charge in [0.25, 0.3) is 0 Å². The molecule has 0 fully saturated rings. The van der Waals surface area contributed by atoms with E-state index in [0.29, 0.717) is 11.7 Å². The van der Waals surface area contributed by atoms with Crippen LogP contribution >= 0.6 is 0 Å². The van der Waals surface area contributed by atoms with Crippen LogP contribution in [0, 0.1) is 13.1 Å².